The summed E-state index contributed by atoms with van der Waals surface area (Å²) in [6.45, 7) is 9.54. The molecule has 1 amide bonds. The molecule has 1 aliphatic carbocycles. The standard InChI is InChI=1S/C18H28N2O/c1-13(2)19-12-14-7-9-15(10-8-14)20-17(21)16-6-5-11-18(16,3)4/h7-10,13,16,19H,5-6,11-12H2,1-4H3,(H,20,21). The van der Waals surface area contributed by atoms with Gasteiger partial charge in [-0.3, -0.25) is 4.79 Å². The largest absolute Gasteiger partial charge is 0.326 e. The van der Waals surface area contributed by atoms with Crippen LogP contribution in [0.15, 0.2) is 24.3 Å². The highest BCUT2D eigenvalue weighted by atomic mass is 16.1. The van der Waals surface area contributed by atoms with E-state index < -0.39 is 0 Å². The molecule has 1 aromatic rings. The van der Waals surface area contributed by atoms with Crippen LogP contribution in [0.4, 0.5) is 5.69 Å². The van der Waals surface area contributed by atoms with Gasteiger partial charge in [0.2, 0.25) is 5.91 Å². The molecular formula is C18H28N2O. The average Bonchev–Trinajstić information content (AvgIpc) is 2.77. The third-order valence-corrected chi connectivity index (χ3v) is 4.51. The summed E-state index contributed by atoms with van der Waals surface area (Å²) in [6.07, 6.45) is 3.31. The molecule has 1 atom stereocenters. The quantitative estimate of drug-likeness (QED) is 0.861. The minimum atomic E-state index is 0.130. The molecule has 0 bridgehead atoms. The predicted molar refractivity (Wildman–Crippen MR) is 88.2 cm³/mol. The van der Waals surface area contributed by atoms with E-state index in [2.05, 4.69) is 50.5 Å². The molecule has 21 heavy (non-hydrogen) atoms. The van der Waals surface area contributed by atoms with Crippen molar-refractivity contribution in [2.45, 2.75) is 59.5 Å². The number of hydrogen-bond acceptors (Lipinski definition) is 2. The van der Waals surface area contributed by atoms with Gasteiger partial charge in [0, 0.05) is 24.2 Å². The van der Waals surface area contributed by atoms with Crippen LogP contribution in [0.1, 0.15) is 52.5 Å². The second kappa shape index (κ2) is 6.61. The van der Waals surface area contributed by atoms with E-state index in [1.54, 1.807) is 0 Å². The molecule has 2 rings (SSSR count). The van der Waals surface area contributed by atoms with E-state index >= 15 is 0 Å². The van der Waals surface area contributed by atoms with Crippen LogP contribution in [-0.2, 0) is 11.3 Å². The fraction of sp³-hybridized carbons (Fsp3) is 0.611. The fourth-order valence-corrected chi connectivity index (χ4v) is 3.07. The van der Waals surface area contributed by atoms with Gasteiger partial charge in [-0.2, -0.15) is 0 Å². The Morgan fingerprint density at radius 2 is 1.95 bits per heavy atom. The molecule has 1 unspecified atom stereocenters. The Balaban J connectivity index is 1.92. The lowest BCUT2D eigenvalue weighted by molar-refractivity contribution is -0.122. The molecule has 116 valence electrons. The van der Waals surface area contributed by atoms with Crippen molar-refractivity contribution in [3.8, 4) is 0 Å². The number of carbonyl (C=O) groups is 1. The fourth-order valence-electron chi connectivity index (χ4n) is 3.07. The van der Waals surface area contributed by atoms with Crippen LogP contribution in [0.5, 0.6) is 0 Å². The number of amides is 1. The second-order valence-corrected chi connectivity index (χ2v) is 7.16. The molecule has 2 N–H and O–H groups in total. The van der Waals surface area contributed by atoms with Crippen molar-refractivity contribution in [3.05, 3.63) is 29.8 Å². The SMILES string of the molecule is CC(C)NCc1ccc(NC(=O)C2CCCC2(C)C)cc1. The van der Waals surface area contributed by atoms with Crippen molar-refractivity contribution in [2.75, 3.05) is 5.32 Å². The summed E-state index contributed by atoms with van der Waals surface area (Å²) in [5.41, 5.74) is 2.27. The van der Waals surface area contributed by atoms with Gasteiger partial charge < -0.3 is 10.6 Å². The maximum Gasteiger partial charge on any atom is 0.228 e. The Morgan fingerprint density at radius 1 is 1.29 bits per heavy atom. The van der Waals surface area contributed by atoms with Crippen molar-refractivity contribution in [1.29, 1.82) is 0 Å². The first-order chi connectivity index (χ1) is 9.88. The number of nitrogens with one attached hydrogen (secondary N) is 2. The lowest BCUT2D eigenvalue weighted by Crippen LogP contribution is -2.30. The maximum atomic E-state index is 12.4. The van der Waals surface area contributed by atoms with Crippen LogP contribution >= 0.6 is 0 Å². The van der Waals surface area contributed by atoms with Gasteiger partial charge >= 0.3 is 0 Å². The summed E-state index contributed by atoms with van der Waals surface area (Å²) in [6, 6.07) is 8.62. The van der Waals surface area contributed by atoms with E-state index in [1.165, 1.54) is 5.56 Å². The Labute approximate surface area is 128 Å². The number of hydrogen-bond donors (Lipinski definition) is 2. The molecule has 1 saturated carbocycles. The topological polar surface area (TPSA) is 41.1 Å². The highest BCUT2D eigenvalue weighted by Gasteiger charge is 2.39. The van der Waals surface area contributed by atoms with Gasteiger partial charge in [-0.1, -0.05) is 46.2 Å². The lowest BCUT2D eigenvalue weighted by atomic mass is 9.81. The number of benzene rings is 1. The highest BCUT2D eigenvalue weighted by molar-refractivity contribution is 5.93. The number of anilines is 1. The van der Waals surface area contributed by atoms with Crippen LogP contribution < -0.4 is 10.6 Å². The second-order valence-electron chi connectivity index (χ2n) is 7.16. The van der Waals surface area contributed by atoms with Crippen LogP contribution in [0.25, 0.3) is 0 Å². The van der Waals surface area contributed by atoms with Gasteiger partial charge in [0.05, 0.1) is 0 Å². The smallest absolute Gasteiger partial charge is 0.228 e. The molecule has 1 aliphatic rings. The van der Waals surface area contributed by atoms with Crippen molar-refractivity contribution < 1.29 is 4.79 Å². The highest BCUT2D eigenvalue weighted by Crippen LogP contribution is 2.43. The van der Waals surface area contributed by atoms with Gasteiger partial charge in [-0.05, 0) is 36.0 Å². The molecule has 1 aromatic carbocycles. The van der Waals surface area contributed by atoms with E-state index in [9.17, 15) is 4.79 Å². The molecule has 0 radical (unpaired) electrons. The lowest BCUT2D eigenvalue weighted by Gasteiger charge is -2.25. The molecule has 3 nitrogen and oxygen atoms in total. The van der Waals surface area contributed by atoms with Crippen LogP contribution in [0, 0.1) is 11.3 Å². The minimum absolute atomic E-state index is 0.130. The van der Waals surface area contributed by atoms with Crippen molar-refractivity contribution in [1.82, 2.24) is 5.32 Å². The zero-order valence-electron chi connectivity index (χ0n) is 13.7. The van der Waals surface area contributed by atoms with E-state index in [0.29, 0.717) is 6.04 Å². The average molecular weight is 288 g/mol. The van der Waals surface area contributed by atoms with Crippen LogP contribution in [0.3, 0.4) is 0 Å². The minimum Gasteiger partial charge on any atom is -0.326 e. The Morgan fingerprint density at radius 3 is 2.48 bits per heavy atom. The summed E-state index contributed by atoms with van der Waals surface area (Å²) < 4.78 is 0. The Hall–Kier alpha value is -1.35. The first-order valence-electron chi connectivity index (χ1n) is 8.02. The van der Waals surface area contributed by atoms with Gasteiger partial charge in [0.15, 0.2) is 0 Å². The summed E-state index contributed by atoms with van der Waals surface area (Å²) in [5, 5.41) is 6.46. The molecule has 0 aromatic heterocycles. The van der Waals surface area contributed by atoms with Gasteiger partial charge in [-0.25, -0.2) is 0 Å². The Kier molecular flexibility index (Phi) is 5.04. The predicted octanol–water partition coefficient (Wildman–Crippen LogP) is 3.95. The van der Waals surface area contributed by atoms with Crippen molar-refractivity contribution >= 4 is 11.6 Å². The van der Waals surface area contributed by atoms with Crippen LogP contribution in [0.2, 0.25) is 0 Å². The summed E-state index contributed by atoms with van der Waals surface area (Å²) in [5.74, 6) is 0.310. The van der Waals surface area contributed by atoms with E-state index in [1.807, 2.05) is 12.1 Å². The maximum absolute atomic E-state index is 12.4. The zero-order valence-corrected chi connectivity index (χ0v) is 13.7. The summed E-state index contributed by atoms with van der Waals surface area (Å²) in [4.78, 5) is 12.4. The molecule has 3 heteroatoms. The van der Waals surface area contributed by atoms with E-state index in [0.717, 1.165) is 31.5 Å². The molecule has 1 fully saturated rings. The summed E-state index contributed by atoms with van der Waals surface area (Å²) >= 11 is 0. The van der Waals surface area contributed by atoms with Gasteiger partial charge in [0.25, 0.3) is 0 Å². The number of rotatable bonds is 5. The van der Waals surface area contributed by atoms with Gasteiger partial charge in [0.1, 0.15) is 0 Å². The third-order valence-electron chi connectivity index (χ3n) is 4.51. The van der Waals surface area contributed by atoms with E-state index in [-0.39, 0.29) is 17.2 Å². The monoisotopic (exact) mass is 288 g/mol. The molecule has 0 spiro atoms. The first kappa shape index (κ1) is 16.0. The van der Waals surface area contributed by atoms with E-state index in [4.69, 9.17) is 0 Å². The Bertz CT molecular complexity index is 476. The number of carbonyl (C=O) groups excluding carboxylic acids is 1. The van der Waals surface area contributed by atoms with Crippen molar-refractivity contribution in [2.24, 2.45) is 11.3 Å². The normalized spacial score (nSPS) is 20.7. The first-order valence-corrected chi connectivity index (χ1v) is 8.02. The molecule has 0 saturated heterocycles. The molecular weight excluding hydrogens is 260 g/mol. The van der Waals surface area contributed by atoms with Crippen molar-refractivity contribution in [3.63, 3.8) is 0 Å². The van der Waals surface area contributed by atoms with Gasteiger partial charge in [-0.15, -0.1) is 0 Å². The van der Waals surface area contributed by atoms with Crippen LogP contribution in [-0.4, -0.2) is 11.9 Å². The summed E-state index contributed by atoms with van der Waals surface area (Å²) in [7, 11) is 0. The zero-order chi connectivity index (χ0) is 15.5. The molecule has 0 aliphatic heterocycles. The third kappa shape index (κ3) is 4.31. The molecule has 0 heterocycles.